The summed E-state index contributed by atoms with van der Waals surface area (Å²) in [7, 11) is 0. The van der Waals surface area contributed by atoms with Gasteiger partial charge in [0.15, 0.2) is 0 Å². The Hall–Kier alpha value is -2.69. The molecule has 0 fully saturated rings. The second-order valence-corrected chi connectivity index (χ2v) is 4.18. The van der Waals surface area contributed by atoms with Gasteiger partial charge in [-0.05, 0) is 37.3 Å². The standard InChI is InChI=1S/C16H15FN2O2/c1-2-21-14-9-7-12(8-10-14)16(20)19-18-11-13-5-3-4-6-15(13)17/h3-11H,2H2,1H3,(H,19,20)/b18-11+. The molecule has 0 heterocycles. The lowest BCUT2D eigenvalue weighted by atomic mass is 10.2. The molecule has 0 saturated heterocycles. The van der Waals surface area contributed by atoms with E-state index in [4.69, 9.17) is 4.74 Å². The normalized spacial score (nSPS) is 10.6. The number of amides is 1. The first-order chi connectivity index (χ1) is 10.2. The van der Waals surface area contributed by atoms with E-state index in [1.165, 1.54) is 12.3 Å². The van der Waals surface area contributed by atoms with Crippen LogP contribution in [-0.4, -0.2) is 18.7 Å². The molecule has 108 valence electrons. The van der Waals surface area contributed by atoms with Gasteiger partial charge in [-0.25, -0.2) is 9.82 Å². The Morgan fingerprint density at radius 1 is 1.24 bits per heavy atom. The number of ether oxygens (including phenoxy) is 1. The minimum Gasteiger partial charge on any atom is -0.494 e. The summed E-state index contributed by atoms with van der Waals surface area (Å²) in [4.78, 5) is 11.8. The van der Waals surface area contributed by atoms with Gasteiger partial charge in [-0.2, -0.15) is 5.10 Å². The third-order valence-corrected chi connectivity index (χ3v) is 2.70. The van der Waals surface area contributed by atoms with Crippen molar-refractivity contribution in [2.24, 2.45) is 5.10 Å². The number of carbonyl (C=O) groups excluding carboxylic acids is 1. The van der Waals surface area contributed by atoms with E-state index in [1.54, 1.807) is 42.5 Å². The molecule has 2 aromatic rings. The molecule has 2 aromatic carbocycles. The molecule has 0 bridgehead atoms. The van der Waals surface area contributed by atoms with E-state index in [-0.39, 0.29) is 5.91 Å². The van der Waals surface area contributed by atoms with Gasteiger partial charge in [0, 0.05) is 11.1 Å². The smallest absolute Gasteiger partial charge is 0.271 e. The van der Waals surface area contributed by atoms with Crippen LogP contribution >= 0.6 is 0 Å². The first kappa shape index (κ1) is 14.7. The Bertz CT molecular complexity index is 639. The molecular weight excluding hydrogens is 271 g/mol. The summed E-state index contributed by atoms with van der Waals surface area (Å²) in [5.74, 6) is -0.0638. The minimum atomic E-state index is -0.392. The molecule has 0 aliphatic rings. The van der Waals surface area contributed by atoms with Crippen molar-refractivity contribution in [1.29, 1.82) is 0 Å². The van der Waals surface area contributed by atoms with Crippen LogP contribution in [0.2, 0.25) is 0 Å². The van der Waals surface area contributed by atoms with Crippen molar-refractivity contribution in [2.75, 3.05) is 6.61 Å². The van der Waals surface area contributed by atoms with Gasteiger partial charge in [0.05, 0.1) is 12.8 Å². The van der Waals surface area contributed by atoms with Crippen molar-refractivity contribution in [3.8, 4) is 5.75 Å². The third-order valence-electron chi connectivity index (χ3n) is 2.70. The van der Waals surface area contributed by atoms with Crippen molar-refractivity contribution >= 4 is 12.1 Å². The summed E-state index contributed by atoms with van der Waals surface area (Å²) in [6.07, 6.45) is 1.27. The summed E-state index contributed by atoms with van der Waals surface area (Å²) >= 11 is 0. The molecule has 0 aliphatic heterocycles. The van der Waals surface area contributed by atoms with Gasteiger partial charge >= 0.3 is 0 Å². The van der Waals surface area contributed by atoms with Crippen LogP contribution in [0.15, 0.2) is 53.6 Å². The highest BCUT2D eigenvalue weighted by Gasteiger charge is 2.04. The van der Waals surface area contributed by atoms with Crippen LogP contribution in [0, 0.1) is 5.82 Å². The fraction of sp³-hybridized carbons (Fsp3) is 0.125. The number of benzene rings is 2. The number of nitrogens with one attached hydrogen (secondary N) is 1. The highest BCUT2D eigenvalue weighted by Crippen LogP contribution is 2.11. The second-order valence-electron chi connectivity index (χ2n) is 4.18. The molecule has 0 aromatic heterocycles. The van der Waals surface area contributed by atoms with Crippen LogP contribution in [0.4, 0.5) is 4.39 Å². The summed E-state index contributed by atoms with van der Waals surface area (Å²) in [5.41, 5.74) is 3.11. The van der Waals surface area contributed by atoms with Crippen LogP contribution in [0.3, 0.4) is 0 Å². The van der Waals surface area contributed by atoms with Crippen LogP contribution in [-0.2, 0) is 0 Å². The lowest BCUT2D eigenvalue weighted by Gasteiger charge is -2.04. The van der Waals surface area contributed by atoms with E-state index >= 15 is 0 Å². The quantitative estimate of drug-likeness (QED) is 0.678. The van der Waals surface area contributed by atoms with Crippen LogP contribution in [0.1, 0.15) is 22.8 Å². The van der Waals surface area contributed by atoms with E-state index in [2.05, 4.69) is 10.5 Å². The zero-order chi connectivity index (χ0) is 15.1. The Morgan fingerprint density at radius 2 is 1.95 bits per heavy atom. The lowest BCUT2D eigenvalue weighted by Crippen LogP contribution is -2.17. The molecule has 1 amide bonds. The third kappa shape index (κ3) is 4.14. The molecule has 0 atom stereocenters. The van der Waals surface area contributed by atoms with Crippen molar-refractivity contribution in [3.63, 3.8) is 0 Å². The molecule has 0 spiro atoms. The maximum atomic E-state index is 13.3. The summed E-state index contributed by atoms with van der Waals surface area (Å²) in [5, 5.41) is 3.74. The molecule has 0 radical (unpaired) electrons. The number of hydrogen-bond donors (Lipinski definition) is 1. The Morgan fingerprint density at radius 3 is 2.62 bits per heavy atom. The number of halogens is 1. The van der Waals surface area contributed by atoms with Crippen LogP contribution in [0.5, 0.6) is 5.75 Å². The van der Waals surface area contributed by atoms with Gasteiger partial charge < -0.3 is 4.74 Å². The van der Waals surface area contributed by atoms with Crippen molar-refractivity contribution in [1.82, 2.24) is 5.43 Å². The average molecular weight is 286 g/mol. The molecule has 1 N–H and O–H groups in total. The topological polar surface area (TPSA) is 50.7 Å². The molecule has 0 unspecified atom stereocenters. The number of carbonyl (C=O) groups is 1. The van der Waals surface area contributed by atoms with Gasteiger partial charge in [-0.1, -0.05) is 18.2 Å². The number of hydrazone groups is 1. The zero-order valence-corrected chi connectivity index (χ0v) is 11.5. The maximum absolute atomic E-state index is 13.3. The van der Waals surface area contributed by atoms with E-state index < -0.39 is 5.82 Å². The van der Waals surface area contributed by atoms with Crippen LogP contribution < -0.4 is 10.2 Å². The number of nitrogens with zero attached hydrogens (tertiary/aromatic N) is 1. The fourth-order valence-electron chi connectivity index (χ4n) is 1.67. The van der Waals surface area contributed by atoms with Crippen LogP contribution in [0.25, 0.3) is 0 Å². The SMILES string of the molecule is CCOc1ccc(C(=O)N/N=C/c2ccccc2F)cc1. The molecule has 2 rings (SSSR count). The Balaban J connectivity index is 1.97. The molecule has 5 heteroatoms. The fourth-order valence-corrected chi connectivity index (χ4v) is 1.67. The second kappa shape index (κ2) is 7.19. The average Bonchev–Trinajstić information content (AvgIpc) is 2.50. The molecule has 4 nitrogen and oxygen atoms in total. The van der Waals surface area contributed by atoms with Gasteiger partial charge in [0.25, 0.3) is 5.91 Å². The minimum absolute atomic E-state index is 0.310. The van der Waals surface area contributed by atoms with Gasteiger partial charge in [-0.3, -0.25) is 4.79 Å². The molecular formula is C16H15FN2O2. The van der Waals surface area contributed by atoms with E-state index in [9.17, 15) is 9.18 Å². The molecule has 0 aliphatic carbocycles. The molecule has 21 heavy (non-hydrogen) atoms. The van der Waals surface area contributed by atoms with Gasteiger partial charge in [-0.15, -0.1) is 0 Å². The van der Waals surface area contributed by atoms with E-state index in [0.717, 1.165) is 0 Å². The lowest BCUT2D eigenvalue weighted by molar-refractivity contribution is 0.0955. The maximum Gasteiger partial charge on any atom is 0.271 e. The number of rotatable bonds is 5. The largest absolute Gasteiger partial charge is 0.494 e. The first-order valence-corrected chi connectivity index (χ1v) is 6.51. The van der Waals surface area contributed by atoms with Crippen molar-refractivity contribution < 1.29 is 13.9 Å². The highest BCUT2D eigenvalue weighted by molar-refractivity contribution is 5.95. The Kier molecular flexibility index (Phi) is 5.04. The molecule has 0 saturated carbocycles. The monoisotopic (exact) mass is 286 g/mol. The highest BCUT2D eigenvalue weighted by atomic mass is 19.1. The number of hydrogen-bond acceptors (Lipinski definition) is 3. The van der Waals surface area contributed by atoms with Crippen molar-refractivity contribution in [3.05, 3.63) is 65.5 Å². The van der Waals surface area contributed by atoms with E-state index in [0.29, 0.717) is 23.5 Å². The summed E-state index contributed by atoms with van der Waals surface area (Å²) in [6.45, 7) is 2.45. The van der Waals surface area contributed by atoms with Crippen molar-refractivity contribution in [2.45, 2.75) is 6.92 Å². The Labute approximate surface area is 122 Å². The van der Waals surface area contributed by atoms with Gasteiger partial charge in [0.2, 0.25) is 0 Å². The summed E-state index contributed by atoms with van der Waals surface area (Å²) in [6, 6.07) is 12.9. The zero-order valence-electron chi connectivity index (χ0n) is 11.5. The predicted molar refractivity (Wildman–Crippen MR) is 79.1 cm³/mol. The summed E-state index contributed by atoms with van der Waals surface area (Å²) < 4.78 is 18.6. The van der Waals surface area contributed by atoms with E-state index in [1.807, 2.05) is 6.92 Å². The first-order valence-electron chi connectivity index (χ1n) is 6.51. The van der Waals surface area contributed by atoms with Gasteiger partial charge in [0.1, 0.15) is 11.6 Å². The predicted octanol–water partition coefficient (Wildman–Crippen LogP) is 2.99.